The maximum atomic E-state index is 8.19. The minimum Gasteiger partial charge on any atom is -0.400 e. The molecule has 0 aromatic heterocycles. The largest absolute Gasteiger partial charge is 0.400 e. The van der Waals surface area contributed by atoms with Gasteiger partial charge in [-0.1, -0.05) is 0 Å². The van der Waals surface area contributed by atoms with Crippen LogP contribution in [0.5, 0.6) is 0 Å². The summed E-state index contributed by atoms with van der Waals surface area (Å²) in [4.78, 5) is 0. The van der Waals surface area contributed by atoms with Crippen molar-refractivity contribution in [2.24, 2.45) is 11.7 Å². The first kappa shape index (κ1) is 5.11. The average molecular weight is 113 g/mol. The second-order valence-corrected chi connectivity index (χ2v) is 1.63. The zero-order valence-electron chi connectivity index (χ0n) is 4.18. The molecule has 0 saturated heterocycles. The molecule has 0 aromatic carbocycles. The third-order valence-electron chi connectivity index (χ3n) is 1.16. The fourth-order valence-electron chi connectivity index (χ4n) is 0.565. The van der Waals surface area contributed by atoms with Crippen molar-refractivity contribution >= 4 is 6.21 Å². The van der Waals surface area contributed by atoms with Gasteiger partial charge < -0.3 is 11.1 Å². The molecular weight excluding hydrogens is 106 g/mol. The summed E-state index contributed by atoms with van der Waals surface area (Å²) in [6, 6.07) is 0. The normalized spacial score (nSPS) is 25.4. The van der Waals surface area contributed by atoms with Crippen LogP contribution in [0.25, 0.3) is 0 Å². The topological polar surface area (TPSA) is 82.1 Å². The number of hydrogen-bond donors (Lipinski definition) is 4. The molecule has 8 heavy (non-hydrogen) atoms. The van der Waals surface area contributed by atoms with Crippen molar-refractivity contribution < 1.29 is 5.21 Å². The van der Waals surface area contributed by atoms with E-state index in [-0.39, 0.29) is 5.92 Å². The predicted molar refractivity (Wildman–Crippen MR) is 28.4 cm³/mol. The van der Waals surface area contributed by atoms with Gasteiger partial charge in [-0.15, -0.1) is 0 Å². The summed E-state index contributed by atoms with van der Waals surface area (Å²) >= 11 is 0. The van der Waals surface area contributed by atoms with E-state index in [1.807, 2.05) is 5.48 Å². The van der Waals surface area contributed by atoms with Crippen molar-refractivity contribution in [1.82, 2.24) is 5.48 Å². The van der Waals surface area contributed by atoms with Gasteiger partial charge in [-0.2, -0.15) is 0 Å². The van der Waals surface area contributed by atoms with Crippen LogP contribution in [0.15, 0.2) is 11.4 Å². The van der Waals surface area contributed by atoms with Crippen LogP contribution in [0.3, 0.4) is 0 Å². The van der Waals surface area contributed by atoms with Gasteiger partial charge in [0.15, 0.2) is 0 Å². The average Bonchev–Trinajstić information content (AvgIpc) is 2.40. The molecule has 0 aliphatic heterocycles. The van der Waals surface area contributed by atoms with E-state index in [0.29, 0.717) is 11.4 Å². The molecule has 1 unspecified atom stereocenters. The zero-order valence-corrected chi connectivity index (χ0v) is 4.18. The van der Waals surface area contributed by atoms with Gasteiger partial charge in [0.25, 0.3) is 0 Å². The van der Waals surface area contributed by atoms with E-state index in [9.17, 15) is 0 Å². The van der Waals surface area contributed by atoms with Crippen LogP contribution in [0, 0.1) is 11.3 Å². The summed E-state index contributed by atoms with van der Waals surface area (Å²) in [6.07, 6.45) is 1.17. The van der Waals surface area contributed by atoms with Gasteiger partial charge in [0.1, 0.15) is 0 Å². The van der Waals surface area contributed by atoms with E-state index in [2.05, 4.69) is 0 Å². The fourth-order valence-corrected chi connectivity index (χ4v) is 0.565. The van der Waals surface area contributed by atoms with Gasteiger partial charge in [0.2, 0.25) is 0 Å². The Hall–Kier alpha value is -1.03. The molecule has 0 amide bonds. The fraction of sp³-hybridized carbons (Fsp3) is 0.250. The molecule has 0 saturated carbocycles. The van der Waals surface area contributed by atoms with Crippen LogP contribution >= 0.6 is 0 Å². The Morgan fingerprint density at radius 2 is 2.50 bits per heavy atom. The highest BCUT2D eigenvalue weighted by Gasteiger charge is 2.32. The molecule has 1 aliphatic carbocycles. The molecule has 1 atom stereocenters. The van der Waals surface area contributed by atoms with Crippen molar-refractivity contribution in [3.05, 3.63) is 11.4 Å². The number of hydroxylamine groups is 1. The molecule has 4 nitrogen and oxygen atoms in total. The number of allylic oxidation sites excluding steroid dienone is 2. The Morgan fingerprint density at radius 1 is 1.88 bits per heavy atom. The molecular formula is C4H7N3O. The van der Waals surface area contributed by atoms with E-state index < -0.39 is 0 Å². The van der Waals surface area contributed by atoms with Gasteiger partial charge in [-0.3, -0.25) is 10.7 Å². The third-order valence-corrected chi connectivity index (χ3v) is 1.16. The van der Waals surface area contributed by atoms with Crippen LogP contribution in [-0.2, 0) is 0 Å². The highest BCUT2D eigenvalue weighted by atomic mass is 16.5. The molecule has 0 aromatic rings. The van der Waals surface area contributed by atoms with Gasteiger partial charge >= 0.3 is 0 Å². The van der Waals surface area contributed by atoms with Crippen LogP contribution < -0.4 is 11.2 Å². The van der Waals surface area contributed by atoms with E-state index >= 15 is 0 Å². The number of hydrogen-bond acceptors (Lipinski definition) is 4. The van der Waals surface area contributed by atoms with E-state index in [1.165, 1.54) is 6.21 Å². The minimum absolute atomic E-state index is 0.125. The first-order valence-corrected chi connectivity index (χ1v) is 2.21. The summed E-state index contributed by atoms with van der Waals surface area (Å²) in [5.41, 5.74) is 8.24. The number of rotatable bonds is 2. The molecule has 1 aliphatic rings. The summed E-state index contributed by atoms with van der Waals surface area (Å²) in [7, 11) is 0. The maximum Gasteiger partial charge on any atom is 0.0788 e. The molecule has 5 N–H and O–H groups in total. The maximum absolute atomic E-state index is 8.19. The molecule has 0 heterocycles. The zero-order chi connectivity index (χ0) is 6.15. The quantitative estimate of drug-likeness (QED) is 0.285. The Balaban J connectivity index is 2.48. The van der Waals surface area contributed by atoms with Crippen molar-refractivity contribution in [2.45, 2.75) is 0 Å². The van der Waals surface area contributed by atoms with Crippen LogP contribution in [-0.4, -0.2) is 11.4 Å². The Labute approximate surface area is 46.5 Å². The van der Waals surface area contributed by atoms with Crippen molar-refractivity contribution in [2.75, 3.05) is 0 Å². The lowest BCUT2D eigenvalue weighted by Crippen LogP contribution is -2.00. The Bertz CT molecular complexity index is 151. The van der Waals surface area contributed by atoms with Gasteiger partial charge in [0, 0.05) is 11.9 Å². The first-order chi connectivity index (χ1) is 3.81. The Kier molecular flexibility index (Phi) is 0.948. The molecule has 0 bridgehead atoms. The monoisotopic (exact) mass is 113 g/mol. The molecule has 0 spiro atoms. The van der Waals surface area contributed by atoms with Crippen LogP contribution in [0.4, 0.5) is 0 Å². The van der Waals surface area contributed by atoms with Crippen LogP contribution in [0.1, 0.15) is 0 Å². The van der Waals surface area contributed by atoms with Crippen LogP contribution in [0.2, 0.25) is 0 Å². The van der Waals surface area contributed by atoms with E-state index in [4.69, 9.17) is 16.4 Å². The lowest BCUT2D eigenvalue weighted by molar-refractivity contribution is 0.204. The van der Waals surface area contributed by atoms with E-state index in [0.717, 1.165) is 0 Å². The van der Waals surface area contributed by atoms with Gasteiger partial charge in [-0.05, 0) is 0 Å². The minimum atomic E-state index is -0.125. The molecule has 4 heteroatoms. The molecule has 0 fully saturated rings. The second-order valence-electron chi connectivity index (χ2n) is 1.63. The predicted octanol–water partition coefficient (Wildman–Crippen LogP) is -0.585. The van der Waals surface area contributed by atoms with Gasteiger partial charge in [-0.25, -0.2) is 0 Å². The molecule has 44 valence electrons. The highest BCUT2D eigenvalue weighted by Crippen LogP contribution is 2.29. The highest BCUT2D eigenvalue weighted by molar-refractivity contribution is 5.74. The lowest BCUT2D eigenvalue weighted by Gasteiger charge is -1.83. The summed E-state index contributed by atoms with van der Waals surface area (Å²) < 4.78 is 0. The lowest BCUT2D eigenvalue weighted by atomic mass is 10.4. The summed E-state index contributed by atoms with van der Waals surface area (Å²) in [6.45, 7) is 0. The SMILES string of the molecule is N=CC1C(N)=C1NO. The van der Waals surface area contributed by atoms with Gasteiger partial charge in [0.05, 0.1) is 11.6 Å². The summed E-state index contributed by atoms with van der Waals surface area (Å²) in [5.74, 6) is -0.125. The van der Waals surface area contributed by atoms with Crippen molar-refractivity contribution in [3.63, 3.8) is 0 Å². The standard InChI is InChI=1S/C4H7N3O/c5-1-2-3(6)4(2)7-8/h1-2,5,7-8H,6H2. The number of nitrogens with two attached hydrogens (primary N) is 1. The van der Waals surface area contributed by atoms with E-state index in [1.54, 1.807) is 0 Å². The second kappa shape index (κ2) is 1.48. The number of nitrogens with one attached hydrogen (secondary N) is 2. The molecule has 1 rings (SSSR count). The Morgan fingerprint density at radius 3 is 2.62 bits per heavy atom. The smallest absolute Gasteiger partial charge is 0.0788 e. The van der Waals surface area contributed by atoms with Crippen molar-refractivity contribution in [3.8, 4) is 0 Å². The third kappa shape index (κ3) is 0.466. The molecule has 0 radical (unpaired) electrons. The van der Waals surface area contributed by atoms with Crippen molar-refractivity contribution in [1.29, 1.82) is 5.41 Å². The first-order valence-electron chi connectivity index (χ1n) is 2.21. The summed E-state index contributed by atoms with van der Waals surface area (Å²) in [5, 5.41) is 14.9.